The van der Waals surface area contributed by atoms with Gasteiger partial charge in [-0.25, -0.2) is 0 Å². The zero-order valence-electron chi connectivity index (χ0n) is 20.1. The normalized spacial score (nSPS) is 11.8. The van der Waals surface area contributed by atoms with Crippen LogP contribution < -0.4 is 5.32 Å². The molecule has 2 rings (SSSR count). The minimum atomic E-state index is -0.271. The van der Waals surface area contributed by atoms with E-state index in [-0.39, 0.29) is 18.3 Å². The van der Waals surface area contributed by atoms with Gasteiger partial charge in [0.25, 0.3) is 5.91 Å². The van der Waals surface area contributed by atoms with Crippen LogP contribution in [0.2, 0.25) is 0 Å². The van der Waals surface area contributed by atoms with E-state index in [2.05, 4.69) is 39.9 Å². The Kier molecular flexibility index (Phi) is 8.85. The third kappa shape index (κ3) is 5.96. The van der Waals surface area contributed by atoms with Crippen LogP contribution in [0.4, 0.5) is 5.69 Å². The van der Waals surface area contributed by atoms with Gasteiger partial charge in [-0.05, 0) is 86.4 Å². The summed E-state index contributed by atoms with van der Waals surface area (Å²) in [5.74, 6) is 0.110. The number of aryl methyl sites for hydroxylation is 1. The van der Waals surface area contributed by atoms with E-state index in [1.807, 2.05) is 38.1 Å². The van der Waals surface area contributed by atoms with Crippen molar-refractivity contribution in [3.8, 4) is 0 Å². The monoisotopic (exact) mass is 423 g/mol. The topological polar surface area (TPSA) is 55.4 Å². The number of hydrogen-bond acceptors (Lipinski definition) is 3. The Bertz CT molecular complexity index is 929. The van der Waals surface area contributed by atoms with E-state index in [4.69, 9.17) is 4.74 Å². The van der Waals surface area contributed by atoms with Crippen molar-refractivity contribution in [2.45, 2.75) is 74.1 Å². The molecule has 0 fully saturated rings. The van der Waals surface area contributed by atoms with Gasteiger partial charge in [-0.15, -0.1) is 0 Å². The van der Waals surface area contributed by atoms with Crippen LogP contribution in [-0.2, 0) is 28.8 Å². The number of ether oxygens (including phenoxy) is 1. The minimum Gasteiger partial charge on any atom is -0.466 e. The fourth-order valence-electron chi connectivity index (χ4n) is 4.08. The molecular weight excluding hydrogens is 386 g/mol. The minimum absolute atomic E-state index is 0.153. The zero-order chi connectivity index (χ0) is 23.1. The maximum Gasteiger partial charge on any atom is 0.310 e. The first-order valence-electron chi connectivity index (χ1n) is 11.4. The Hall–Kier alpha value is -2.62. The van der Waals surface area contributed by atoms with Gasteiger partial charge in [0.15, 0.2) is 0 Å². The number of esters is 1. The first-order valence-corrected chi connectivity index (χ1v) is 11.4. The quantitative estimate of drug-likeness (QED) is 0.494. The lowest BCUT2D eigenvalue weighted by atomic mass is 9.84. The van der Waals surface area contributed by atoms with Crippen molar-refractivity contribution >= 4 is 17.6 Å². The Labute approximate surface area is 187 Å². The van der Waals surface area contributed by atoms with Gasteiger partial charge in [-0.3, -0.25) is 9.59 Å². The fourth-order valence-corrected chi connectivity index (χ4v) is 4.08. The number of carbonyl (C=O) groups is 2. The third-order valence-corrected chi connectivity index (χ3v) is 6.18. The van der Waals surface area contributed by atoms with Gasteiger partial charge in [0, 0.05) is 11.3 Å². The van der Waals surface area contributed by atoms with Crippen LogP contribution in [0.3, 0.4) is 0 Å². The molecule has 168 valence electrons. The first kappa shape index (κ1) is 24.6. The molecule has 2 aromatic rings. The van der Waals surface area contributed by atoms with Gasteiger partial charge < -0.3 is 10.1 Å². The number of anilines is 1. The smallest absolute Gasteiger partial charge is 0.310 e. The van der Waals surface area contributed by atoms with Gasteiger partial charge in [-0.1, -0.05) is 44.9 Å². The molecular formula is C27H37NO3. The SMILES string of the molecule is CCOC(=O)Cc1c(C)c(CC)c(CC(C)CC)c(C)c1NC(=O)c1ccc(C)cc1. The summed E-state index contributed by atoms with van der Waals surface area (Å²) >= 11 is 0. The lowest BCUT2D eigenvalue weighted by molar-refractivity contribution is -0.142. The van der Waals surface area contributed by atoms with Crippen molar-refractivity contribution in [1.82, 2.24) is 0 Å². The van der Waals surface area contributed by atoms with Crippen molar-refractivity contribution < 1.29 is 14.3 Å². The molecule has 1 N–H and O–H groups in total. The number of carbonyl (C=O) groups excluding carboxylic acids is 2. The molecule has 0 aliphatic carbocycles. The van der Waals surface area contributed by atoms with Gasteiger partial charge in [0.1, 0.15) is 0 Å². The van der Waals surface area contributed by atoms with Crippen molar-refractivity contribution in [2.24, 2.45) is 5.92 Å². The standard InChI is InChI=1S/C27H37NO3/c1-8-17(4)15-23-20(7)26(28-27(30)21-13-11-18(5)12-14-21)24(16-25(29)31-10-3)19(6)22(23)9-2/h11-14,17H,8-10,15-16H2,1-7H3,(H,28,30). The molecule has 31 heavy (non-hydrogen) atoms. The van der Waals surface area contributed by atoms with Crippen LogP contribution in [-0.4, -0.2) is 18.5 Å². The Balaban J connectivity index is 2.61. The van der Waals surface area contributed by atoms with Gasteiger partial charge in [0.05, 0.1) is 13.0 Å². The molecule has 0 aliphatic heterocycles. The second-order valence-corrected chi connectivity index (χ2v) is 8.43. The van der Waals surface area contributed by atoms with Gasteiger partial charge in [-0.2, -0.15) is 0 Å². The third-order valence-electron chi connectivity index (χ3n) is 6.18. The number of benzene rings is 2. The predicted octanol–water partition coefficient (Wildman–Crippen LogP) is 6.12. The van der Waals surface area contributed by atoms with Crippen LogP contribution in [0, 0.1) is 26.7 Å². The van der Waals surface area contributed by atoms with Crippen molar-refractivity contribution in [3.63, 3.8) is 0 Å². The van der Waals surface area contributed by atoms with Crippen molar-refractivity contribution in [2.75, 3.05) is 11.9 Å². The molecule has 0 aromatic heterocycles. The molecule has 1 unspecified atom stereocenters. The summed E-state index contributed by atoms with van der Waals surface area (Å²) in [6.45, 7) is 14.9. The highest BCUT2D eigenvalue weighted by Crippen LogP contribution is 2.35. The second kappa shape index (κ2) is 11.1. The van der Waals surface area contributed by atoms with Crippen LogP contribution in [0.15, 0.2) is 24.3 Å². The molecule has 0 saturated heterocycles. The van der Waals surface area contributed by atoms with Crippen LogP contribution in [0.5, 0.6) is 0 Å². The molecule has 0 aliphatic rings. The highest BCUT2D eigenvalue weighted by Gasteiger charge is 2.23. The van der Waals surface area contributed by atoms with E-state index >= 15 is 0 Å². The van der Waals surface area contributed by atoms with Gasteiger partial charge >= 0.3 is 5.97 Å². The summed E-state index contributed by atoms with van der Waals surface area (Å²) in [6, 6.07) is 7.53. The summed E-state index contributed by atoms with van der Waals surface area (Å²) in [4.78, 5) is 25.5. The average molecular weight is 424 g/mol. The molecule has 0 radical (unpaired) electrons. The fraction of sp³-hybridized carbons (Fsp3) is 0.481. The molecule has 0 spiro atoms. The van der Waals surface area contributed by atoms with Gasteiger partial charge in [0.2, 0.25) is 0 Å². The first-order chi connectivity index (χ1) is 14.7. The summed E-state index contributed by atoms with van der Waals surface area (Å²) in [5, 5.41) is 3.14. The maximum absolute atomic E-state index is 13.1. The second-order valence-electron chi connectivity index (χ2n) is 8.43. The number of rotatable bonds is 9. The molecule has 0 saturated carbocycles. The van der Waals surface area contributed by atoms with E-state index in [0.29, 0.717) is 18.1 Å². The van der Waals surface area contributed by atoms with E-state index in [1.54, 1.807) is 0 Å². The van der Waals surface area contributed by atoms with Crippen LogP contribution in [0.1, 0.15) is 77.9 Å². The maximum atomic E-state index is 13.1. The van der Waals surface area contributed by atoms with Crippen LogP contribution in [0.25, 0.3) is 0 Å². The molecule has 1 amide bonds. The highest BCUT2D eigenvalue weighted by molar-refractivity contribution is 6.05. The summed E-state index contributed by atoms with van der Waals surface area (Å²) in [6.07, 6.45) is 3.10. The van der Waals surface area contributed by atoms with Crippen LogP contribution >= 0.6 is 0 Å². The highest BCUT2D eigenvalue weighted by atomic mass is 16.5. The lowest BCUT2D eigenvalue weighted by Crippen LogP contribution is -2.20. The summed E-state index contributed by atoms with van der Waals surface area (Å²) in [7, 11) is 0. The largest absolute Gasteiger partial charge is 0.466 e. The lowest BCUT2D eigenvalue weighted by Gasteiger charge is -2.25. The van der Waals surface area contributed by atoms with Crippen molar-refractivity contribution in [1.29, 1.82) is 0 Å². The zero-order valence-corrected chi connectivity index (χ0v) is 20.1. The van der Waals surface area contributed by atoms with E-state index in [0.717, 1.165) is 47.2 Å². The molecule has 4 heteroatoms. The summed E-state index contributed by atoms with van der Waals surface area (Å²) < 4.78 is 5.23. The van der Waals surface area contributed by atoms with E-state index < -0.39 is 0 Å². The molecule has 1 atom stereocenters. The molecule has 2 aromatic carbocycles. The average Bonchev–Trinajstić information content (AvgIpc) is 2.74. The number of hydrogen-bond donors (Lipinski definition) is 1. The molecule has 0 heterocycles. The van der Waals surface area contributed by atoms with Crippen molar-refractivity contribution in [3.05, 3.63) is 63.2 Å². The Morgan fingerprint density at radius 2 is 1.58 bits per heavy atom. The number of amides is 1. The predicted molar refractivity (Wildman–Crippen MR) is 128 cm³/mol. The number of nitrogens with one attached hydrogen (secondary N) is 1. The van der Waals surface area contributed by atoms with E-state index in [9.17, 15) is 9.59 Å². The molecule has 4 nitrogen and oxygen atoms in total. The molecule has 0 bridgehead atoms. The van der Waals surface area contributed by atoms with E-state index in [1.165, 1.54) is 11.1 Å². The Morgan fingerprint density at radius 1 is 0.935 bits per heavy atom. The summed E-state index contributed by atoms with van der Waals surface area (Å²) in [5.41, 5.74) is 8.04. The Morgan fingerprint density at radius 3 is 2.13 bits per heavy atom.